The highest BCUT2D eigenvalue weighted by Gasteiger charge is 2.53. The van der Waals surface area contributed by atoms with Gasteiger partial charge >= 0.3 is 5.97 Å². The number of rotatable bonds is 15. The van der Waals surface area contributed by atoms with Gasteiger partial charge in [0.15, 0.2) is 0 Å². The van der Waals surface area contributed by atoms with Crippen LogP contribution in [0.5, 0.6) is 0 Å². The third-order valence-corrected chi connectivity index (χ3v) is 8.67. The number of imide groups is 1. The van der Waals surface area contributed by atoms with Crippen molar-refractivity contribution in [3.8, 4) is 0 Å². The van der Waals surface area contributed by atoms with Crippen molar-refractivity contribution in [3.63, 3.8) is 0 Å². The fraction of sp³-hybridized carbons (Fsp3) is 0.821. The van der Waals surface area contributed by atoms with Gasteiger partial charge in [-0.3, -0.25) is 19.3 Å². The van der Waals surface area contributed by atoms with Crippen molar-refractivity contribution in [3.05, 3.63) is 12.2 Å². The second-order valence-electron chi connectivity index (χ2n) is 11.4. The van der Waals surface area contributed by atoms with Gasteiger partial charge in [-0.05, 0) is 42.9 Å². The fourth-order valence-corrected chi connectivity index (χ4v) is 5.71. The maximum atomic E-state index is 13.6. The monoisotopic (exact) mass is 461 g/mol. The van der Waals surface area contributed by atoms with E-state index < -0.39 is 5.97 Å². The largest absolute Gasteiger partial charge is 0.481 e. The molecule has 5 nitrogen and oxygen atoms in total. The molecule has 0 aromatic carbocycles. The summed E-state index contributed by atoms with van der Waals surface area (Å²) in [6, 6.07) is 0. The van der Waals surface area contributed by atoms with Gasteiger partial charge in [-0.15, -0.1) is 0 Å². The SMILES string of the molecule is CC1C(C(=O)N(C=O)CCCCCCCCCCCC(=O)O)C(C)(C2CCC2)C=CC1(C)C. The molecule has 33 heavy (non-hydrogen) atoms. The zero-order valence-electron chi connectivity index (χ0n) is 21.5. The van der Waals surface area contributed by atoms with Crippen molar-refractivity contribution in [2.24, 2.45) is 28.6 Å². The minimum absolute atomic E-state index is 0.0192. The third-order valence-electron chi connectivity index (χ3n) is 8.67. The van der Waals surface area contributed by atoms with Crippen LogP contribution in [0.3, 0.4) is 0 Å². The van der Waals surface area contributed by atoms with E-state index >= 15 is 0 Å². The van der Waals surface area contributed by atoms with Gasteiger partial charge in [0.1, 0.15) is 0 Å². The van der Waals surface area contributed by atoms with Crippen molar-refractivity contribution >= 4 is 18.3 Å². The number of amides is 2. The quantitative estimate of drug-likeness (QED) is 0.169. The molecule has 0 aromatic rings. The predicted octanol–water partition coefficient (Wildman–Crippen LogP) is 6.61. The van der Waals surface area contributed by atoms with E-state index in [1.54, 1.807) is 0 Å². The van der Waals surface area contributed by atoms with Crippen LogP contribution in [0.25, 0.3) is 0 Å². The van der Waals surface area contributed by atoms with Crippen LogP contribution in [0.15, 0.2) is 12.2 Å². The van der Waals surface area contributed by atoms with Gasteiger partial charge < -0.3 is 5.11 Å². The van der Waals surface area contributed by atoms with Crippen LogP contribution in [-0.4, -0.2) is 34.8 Å². The summed E-state index contributed by atoms with van der Waals surface area (Å²) in [5, 5.41) is 8.65. The van der Waals surface area contributed by atoms with Gasteiger partial charge in [0.25, 0.3) is 0 Å². The van der Waals surface area contributed by atoms with Crippen LogP contribution >= 0.6 is 0 Å². The first-order valence-electron chi connectivity index (χ1n) is 13.3. The Hall–Kier alpha value is -1.65. The normalized spacial score (nSPS) is 26.5. The van der Waals surface area contributed by atoms with Gasteiger partial charge in [0.05, 0.1) is 5.92 Å². The molecule has 0 heterocycles. The Bertz CT molecular complexity index is 681. The Morgan fingerprint density at radius 2 is 1.48 bits per heavy atom. The minimum Gasteiger partial charge on any atom is -0.481 e. The summed E-state index contributed by atoms with van der Waals surface area (Å²) >= 11 is 0. The minimum atomic E-state index is -0.705. The molecular formula is C28H47NO4. The van der Waals surface area contributed by atoms with Crippen LogP contribution < -0.4 is 0 Å². The van der Waals surface area contributed by atoms with Crippen molar-refractivity contribution < 1.29 is 19.5 Å². The first-order valence-corrected chi connectivity index (χ1v) is 13.3. The molecule has 188 valence electrons. The van der Waals surface area contributed by atoms with Gasteiger partial charge in [-0.25, -0.2) is 0 Å². The molecule has 0 aromatic heterocycles. The number of nitrogens with zero attached hydrogens (tertiary/aromatic N) is 1. The van der Waals surface area contributed by atoms with E-state index in [1.165, 1.54) is 30.6 Å². The lowest BCUT2D eigenvalue weighted by Gasteiger charge is -2.53. The summed E-state index contributed by atoms with van der Waals surface area (Å²) in [6.07, 6.45) is 18.6. The van der Waals surface area contributed by atoms with Crippen molar-refractivity contribution in [2.45, 2.75) is 111 Å². The lowest BCUT2D eigenvalue weighted by Crippen LogP contribution is -2.53. The molecule has 5 heteroatoms. The molecule has 0 radical (unpaired) electrons. The van der Waals surface area contributed by atoms with Crippen molar-refractivity contribution in [1.29, 1.82) is 0 Å². The zero-order chi connectivity index (χ0) is 24.5. The number of hydrogen-bond acceptors (Lipinski definition) is 3. The molecular weight excluding hydrogens is 414 g/mol. The molecule has 3 atom stereocenters. The Kier molecular flexibility index (Phi) is 10.6. The molecule has 1 fully saturated rings. The highest BCUT2D eigenvalue weighted by molar-refractivity contribution is 5.89. The molecule has 2 aliphatic carbocycles. The van der Waals surface area contributed by atoms with Crippen LogP contribution in [0.1, 0.15) is 111 Å². The van der Waals surface area contributed by atoms with E-state index in [1.807, 2.05) is 0 Å². The second kappa shape index (κ2) is 12.7. The predicted molar refractivity (Wildman–Crippen MR) is 133 cm³/mol. The second-order valence-corrected chi connectivity index (χ2v) is 11.4. The lowest BCUT2D eigenvalue weighted by atomic mass is 9.51. The van der Waals surface area contributed by atoms with Crippen LogP contribution in [0, 0.1) is 28.6 Å². The Balaban J connectivity index is 1.77. The smallest absolute Gasteiger partial charge is 0.303 e. The summed E-state index contributed by atoms with van der Waals surface area (Å²) in [6.45, 7) is 9.35. The van der Waals surface area contributed by atoms with E-state index in [0.717, 1.165) is 57.8 Å². The highest BCUT2D eigenvalue weighted by atomic mass is 16.4. The van der Waals surface area contributed by atoms with Crippen LogP contribution in [0.2, 0.25) is 0 Å². The Labute approximate surface area is 201 Å². The van der Waals surface area contributed by atoms with E-state index in [0.29, 0.717) is 12.5 Å². The maximum Gasteiger partial charge on any atom is 0.303 e. The molecule has 0 saturated heterocycles. The molecule has 2 rings (SSSR count). The highest BCUT2D eigenvalue weighted by Crippen LogP contribution is 2.56. The summed E-state index contributed by atoms with van der Waals surface area (Å²) < 4.78 is 0. The molecule has 2 aliphatic rings. The molecule has 2 amide bonds. The number of carboxylic acids is 1. The summed E-state index contributed by atoms with van der Waals surface area (Å²) in [7, 11) is 0. The van der Waals surface area contributed by atoms with Gasteiger partial charge in [0.2, 0.25) is 12.3 Å². The fourth-order valence-electron chi connectivity index (χ4n) is 5.71. The summed E-state index contributed by atoms with van der Waals surface area (Å²) in [5.74, 6) is -0.0964. The summed E-state index contributed by atoms with van der Waals surface area (Å²) in [5.41, 5.74) is -0.207. The molecule has 1 saturated carbocycles. The number of aliphatic carboxylic acids is 1. The average Bonchev–Trinajstić information content (AvgIpc) is 2.71. The van der Waals surface area contributed by atoms with E-state index in [2.05, 4.69) is 39.8 Å². The number of unbranched alkanes of at least 4 members (excludes halogenated alkanes) is 8. The number of carbonyl (C=O) groups excluding carboxylic acids is 2. The van der Waals surface area contributed by atoms with Gasteiger partial charge in [0, 0.05) is 18.4 Å². The van der Waals surface area contributed by atoms with E-state index in [4.69, 9.17) is 5.11 Å². The molecule has 0 spiro atoms. The topological polar surface area (TPSA) is 74.7 Å². The first kappa shape index (κ1) is 27.6. The lowest BCUT2D eigenvalue weighted by molar-refractivity contribution is -0.150. The van der Waals surface area contributed by atoms with E-state index in [9.17, 15) is 14.4 Å². The van der Waals surface area contributed by atoms with Crippen LogP contribution in [-0.2, 0) is 14.4 Å². The number of allylic oxidation sites excluding steroid dienone is 2. The molecule has 1 N–H and O–H groups in total. The first-order chi connectivity index (χ1) is 15.6. The third kappa shape index (κ3) is 7.42. The summed E-state index contributed by atoms with van der Waals surface area (Å²) in [4.78, 5) is 37.5. The van der Waals surface area contributed by atoms with Crippen molar-refractivity contribution in [1.82, 2.24) is 4.90 Å². The van der Waals surface area contributed by atoms with Gasteiger partial charge in [-0.1, -0.05) is 91.2 Å². The average molecular weight is 462 g/mol. The standard InChI is InChI=1S/C28H47NO4/c1-22-25(28(4,23-15-14-16-23)19-18-27(22,2)3)26(33)29(21-30)20-13-11-9-7-5-6-8-10-12-17-24(31)32/h18-19,21-23,25H,5-17,20H2,1-4H3,(H,31,32). The molecule has 0 aliphatic heterocycles. The van der Waals surface area contributed by atoms with Crippen molar-refractivity contribution in [2.75, 3.05) is 6.54 Å². The molecule has 3 unspecified atom stereocenters. The zero-order valence-corrected chi connectivity index (χ0v) is 21.5. The Morgan fingerprint density at radius 1 is 0.939 bits per heavy atom. The van der Waals surface area contributed by atoms with Crippen LogP contribution in [0.4, 0.5) is 0 Å². The Morgan fingerprint density at radius 3 is 1.97 bits per heavy atom. The van der Waals surface area contributed by atoms with E-state index in [-0.39, 0.29) is 35.0 Å². The van der Waals surface area contributed by atoms with Gasteiger partial charge in [-0.2, -0.15) is 0 Å². The number of hydrogen-bond donors (Lipinski definition) is 1. The number of carbonyl (C=O) groups is 3. The number of carboxylic acid groups (broad SMARTS) is 1. The molecule has 0 bridgehead atoms. The maximum absolute atomic E-state index is 13.6.